The number of hydrogen-bond donors (Lipinski definition) is 1. The first-order valence-electron chi connectivity index (χ1n) is 4.67. The van der Waals surface area contributed by atoms with E-state index < -0.39 is 0 Å². The standard InChI is InChI=1S/C12H7Br3O2/c13-7-2-1-3-9(4-7)17-11-6-8(14)5-10(15)12(11)16/h1-6,16H. The van der Waals surface area contributed by atoms with Crippen LogP contribution in [0.2, 0.25) is 0 Å². The van der Waals surface area contributed by atoms with E-state index in [0.717, 1.165) is 8.95 Å². The van der Waals surface area contributed by atoms with Crippen molar-refractivity contribution in [3.63, 3.8) is 0 Å². The Morgan fingerprint density at radius 3 is 2.41 bits per heavy atom. The molecule has 88 valence electrons. The lowest BCUT2D eigenvalue weighted by molar-refractivity contribution is 0.408. The van der Waals surface area contributed by atoms with Crippen LogP contribution in [0, 0.1) is 0 Å². The van der Waals surface area contributed by atoms with Crippen LogP contribution in [0.15, 0.2) is 49.8 Å². The van der Waals surface area contributed by atoms with Crippen LogP contribution in [0.25, 0.3) is 0 Å². The Hall–Kier alpha value is -0.520. The summed E-state index contributed by atoms with van der Waals surface area (Å²) in [5.74, 6) is 1.12. The van der Waals surface area contributed by atoms with Crippen molar-refractivity contribution in [1.29, 1.82) is 0 Å². The topological polar surface area (TPSA) is 29.5 Å². The molecule has 2 aromatic carbocycles. The molecular weight excluding hydrogens is 416 g/mol. The summed E-state index contributed by atoms with van der Waals surface area (Å²) in [5.41, 5.74) is 0. The molecule has 0 heterocycles. The lowest BCUT2D eigenvalue weighted by atomic mass is 10.3. The molecule has 17 heavy (non-hydrogen) atoms. The van der Waals surface area contributed by atoms with Crippen molar-refractivity contribution in [2.24, 2.45) is 0 Å². The van der Waals surface area contributed by atoms with E-state index in [2.05, 4.69) is 47.8 Å². The van der Waals surface area contributed by atoms with Gasteiger partial charge in [-0.2, -0.15) is 0 Å². The van der Waals surface area contributed by atoms with Crippen LogP contribution in [-0.4, -0.2) is 5.11 Å². The molecule has 0 bridgehead atoms. The van der Waals surface area contributed by atoms with Crippen LogP contribution in [0.1, 0.15) is 0 Å². The molecule has 0 aromatic heterocycles. The molecule has 0 saturated carbocycles. The van der Waals surface area contributed by atoms with Gasteiger partial charge in [-0.15, -0.1) is 0 Å². The van der Waals surface area contributed by atoms with Gasteiger partial charge in [0.2, 0.25) is 0 Å². The fourth-order valence-corrected chi connectivity index (χ4v) is 2.84. The van der Waals surface area contributed by atoms with Crippen molar-refractivity contribution in [3.05, 3.63) is 49.8 Å². The Bertz CT molecular complexity index is 555. The summed E-state index contributed by atoms with van der Waals surface area (Å²) in [6, 6.07) is 10.9. The summed E-state index contributed by atoms with van der Waals surface area (Å²) in [5, 5.41) is 9.85. The molecule has 2 nitrogen and oxygen atoms in total. The number of hydrogen-bond acceptors (Lipinski definition) is 2. The summed E-state index contributed by atoms with van der Waals surface area (Å²) in [7, 11) is 0. The fourth-order valence-electron chi connectivity index (χ4n) is 1.28. The lowest BCUT2D eigenvalue weighted by Crippen LogP contribution is -1.86. The summed E-state index contributed by atoms with van der Waals surface area (Å²) < 4.78 is 7.94. The highest BCUT2D eigenvalue weighted by atomic mass is 79.9. The van der Waals surface area contributed by atoms with Gasteiger partial charge < -0.3 is 9.84 Å². The second-order valence-electron chi connectivity index (χ2n) is 3.29. The van der Waals surface area contributed by atoms with Crippen LogP contribution < -0.4 is 4.74 Å². The predicted octanol–water partition coefficient (Wildman–Crippen LogP) is 5.47. The zero-order valence-corrected chi connectivity index (χ0v) is 13.2. The average molecular weight is 423 g/mol. The quantitative estimate of drug-likeness (QED) is 0.695. The maximum Gasteiger partial charge on any atom is 0.172 e. The maximum atomic E-state index is 9.85. The van der Waals surface area contributed by atoms with Crippen molar-refractivity contribution in [2.75, 3.05) is 0 Å². The summed E-state index contributed by atoms with van der Waals surface area (Å²) in [6.07, 6.45) is 0. The van der Waals surface area contributed by atoms with Gasteiger partial charge in [-0.25, -0.2) is 0 Å². The third-order valence-electron chi connectivity index (χ3n) is 2.02. The van der Waals surface area contributed by atoms with Gasteiger partial charge in [-0.1, -0.05) is 37.9 Å². The number of phenols is 1. The van der Waals surface area contributed by atoms with E-state index in [-0.39, 0.29) is 5.75 Å². The highest BCUT2D eigenvalue weighted by Gasteiger charge is 2.09. The zero-order valence-electron chi connectivity index (χ0n) is 8.45. The van der Waals surface area contributed by atoms with Gasteiger partial charge in [-0.05, 0) is 46.3 Å². The van der Waals surface area contributed by atoms with E-state index in [4.69, 9.17) is 4.74 Å². The number of benzene rings is 2. The van der Waals surface area contributed by atoms with Crippen molar-refractivity contribution in [2.45, 2.75) is 0 Å². The second-order valence-corrected chi connectivity index (χ2v) is 5.98. The van der Waals surface area contributed by atoms with Crippen LogP contribution in [0.3, 0.4) is 0 Å². The molecule has 0 fully saturated rings. The van der Waals surface area contributed by atoms with E-state index in [1.807, 2.05) is 24.3 Å². The van der Waals surface area contributed by atoms with E-state index in [0.29, 0.717) is 16.0 Å². The van der Waals surface area contributed by atoms with Crippen LogP contribution in [0.5, 0.6) is 17.2 Å². The first-order valence-corrected chi connectivity index (χ1v) is 7.05. The molecule has 0 saturated heterocycles. The molecule has 0 aliphatic heterocycles. The van der Waals surface area contributed by atoms with E-state index in [1.54, 1.807) is 12.1 Å². The monoisotopic (exact) mass is 420 g/mol. The minimum Gasteiger partial charge on any atom is -0.503 e. The molecule has 0 aliphatic carbocycles. The largest absolute Gasteiger partial charge is 0.503 e. The molecule has 5 heteroatoms. The maximum absolute atomic E-state index is 9.85. The van der Waals surface area contributed by atoms with Crippen molar-refractivity contribution in [1.82, 2.24) is 0 Å². The third kappa shape index (κ3) is 3.24. The molecule has 2 aromatic rings. The second kappa shape index (κ2) is 5.42. The lowest BCUT2D eigenvalue weighted by Gasteiger charge is -2.09. The van der Waals surface area contributed by atoms with Gasteiger partial charge in [0.05, 0.1) is 4.47 Å². The smallest absolute Gasteiger partial charge is 0.172 e. The Morgan fingerprint density at radius 1 is 0.941 bits per heavy atom. The number of ether oxygens (including phenoxy) is 1. The summed E-state index contributed by atoms with van der Waals surface area (Å²) >= 11 is 9.96. The Labute approximate surface area is 124 Å². The Morgan fingerprint density at radius 2 is 1.71 bits per heavy atom. The molecule has 0 radical (unpaired) electrons. The molecule has 2 rings (SSSR count). The van der Waals surface area contributed by atoms with Gasteiger partial charge in [-0.3, -0.25) is 0 Å². The molecule has 0 spiro atoms. The number of aromatic hydroxyl groups is 1. The summed E-state index contributed by atoms with van der Waals surface area (Å²) in [6.45, 7) is 0. The predicted molar refractivity (Wildman–Crippen MR) is 77.7 cm³/mol. The Kier molecular flexibility index (Phi) is 4.12. The minimum atomic E-state index is 0.0770. The highest BCUT2D eigenvalue weighted by Crippen LogP contribution is 2.39. The normalized spacial score (nSPS) is 10.3. The van der Waals surface area contributed by atoms with E-state index in [9.17, 15) is 5.11 Å². The molecule has 0 aliphatic rings. The molecule has 0 atom stereocenters. The fraction of sp³-hybridized carbons (Fsp3) is 0. The number of phenolic OH excluding ortho intramolecular Hbond substituents is 1. The summed E-state index contributed by atoms with van der Waals surface area (Å²) in [4.78, 5) is 0. The zero-order chi connectivity index (χ0) is 12.4. The first-order chi connectivity index (χ1) is 8.06. The average Bonchev–Trinajstić information content (AvgIpc) is 2.25. The van der Waals surface area contributed by atoms with Crippen LogP contribution in [-0.2, 0) is 0 Å². The van der Waals surface area contributed by atoms with Gasteiger partial charge in [0.1, 0.15) is 5.75 Å². The minimum absolute atomic E-state index is 0.0770. The Balaban J connectivity index is 2.36. The van der Waals surface area contributed by atoms with Crippen LogP contribution >= 0.6 is 47.8 Å². The molecule has 1 N–H and O–H groups in total. The SMILES string of the molecule is Oc1c(Br)cc(Br)cc1Oc1cccc(Br)c1. The molecular formula is C12H7Br3O2. The van der Waals surface area contributed by atoms with Crippen LogP contribution in [0.4, 0.5) is 0 Å². The molecule has 0 amide bonds. The van der Waals surface area contributed by atoms with Crippen molar-refractivity contribution >= 4 is 47.8 Å². The van der Waals surface area contributed by atoms with Crippen molar-refractivity contribution < 1.29 is 9.84 Å². The van der Waals surface area contributed by atoms with Gasteiger partial charge >= 0.3 is 0 Å². The first kappa shape index (κ1) is 12.9. The third-order valence-corrected chi connectivity index (χ3v) is 3.57. The van der Waals surface area contributed by atoms with E-state index >= 15 is 0 Å². The highest BCUT2D eigenvalue weighted by molar-refractivity contribution is 9.11. The van der Waals surface area contributed by atoms with Gasteiger partial charge in [0, 0.05) is 8.95 Å². The number of halogens is 3. The van der Waals surface area contributed by atoms with Gasteiger partial charge in [0.15, 0.2) is 11.5 Å². The number of rotatable bonds is 2. The van der Waals surface area contributed by atoms with E-state index in [1.165, 1.54) is 0 Å². The van der Waals surface area contributed by atoms with Crippen molar-refractivity contribution in [3.8, 4) is 17.2 Å². The van der Waals surface area contributed by atoms with Gasteiger partial charge in [0.25, 0.3) is 0 Å². The molecule has 0 unspecified atom stereocenters.